The van der Waals surface area contributed by atoms with Gasteiger partial charge in [0, 0.05) is 30.9 Å². The normalized spacial score (nSPS) is 11.3. The summed E-state index contributed by atoms with van der Waals surface area (Å²) in [6.07, 6.45) is 4.04. The second-order valence-corrected chi connectivity index (χ2v) is 9.12. The van der Waals surface area contributed by atoms with Crippen molar-refractivity contribution < 1.29 is 22.4 Å². The molecule has 0 radical (unpaired) electrons. The zero-order valence-electron chi connectivity index (χ0n) is 21.4. The first kappa shape index (κ1) is 26.5. The van der Waals surface area contributed by atoms with Gasteiger partial charge in [0.1, 0.15) is 0 Å². The van der Waals surface area contributed by atoms with Gasteiger partial charge in [-0.3, -0.25) is 4.79 Å². The molecule has 0 aliphatic heterocycles. The molecule has 200 valence electrons. The van der Waals surface area contributed by atoms with Gasteiger partial charge in [-0.15, -0.1) is 16.6 Å². The summed E-state index contributed by atoms with van der Waals surface area (Å²) in [5, 5.41) is 10.6. The fraction of sp³-hybridized carbons (Fsp3) is 0.129. The topological polar surface area (TPSA) is 73.0 Å². The van der Waals surface area contributed by atoms with E-state index in [0.29, 0.717) is 35.9 Å². The van der Waals surface area contributed by atoms with Gasteiger partial charge in [0.05, 0.1) is 11.3 Å². The Morgan fingerprint density at radius 1 is 0.925 bits per heavy atom. The Bertz CT molecular complexity index is 1680. The zero-order chi connectivity index (χ0) is 28.3. The van der Waals surface area contributed by atoms with Crippen LogP contribution in [-0.2, 0) is 23.8 Å². The van der Waals surface area contributed by atoms with Crippen molar-refractivity contribution in [3.05, 3.63) is 108 Å². The number of aryl methyl sites for hydroxylation is 3. The Morgan fingerprint density at radius 2 is 1.55 bits per heavy atom. The highest BCUT2D eigenvalue weighted by molar-refractivity contribution is 6.03. The number of nitrogens with one attached hydrogen (secondary N) is 1. The number of anilines is 1. The number of benzene rings is 3. The molecule has 0 unspecified atom stereocenters. The number of amides is 1. The number of carbonyl (C=O) groups excluding carboxylic acids is 1. The molecule has 40 heavy (non-hydrogen) atoms. The monoisotopic (exact) mass is 540 g/mol. The molecule has 2 heterocycles. The quantitative estimate of drug-likeness (QED) is 0.229. The minimum atomic E-state index is -4.38. The second-order valence-electron chi connectivity index (χ2n) is 9.12. The molecule has 0 bridgehead atoms. The van der Waals surface area contributed by atoms with Crippen LogP contribution in [0.3, 0.4) is 0 Å². The van der Waals surface area contributed by atoms with Gasteiger partial charge in [0.15, 0.2) is 0 Å². The number of carbonyl (C=O) groups is 1. The summed E-state index contributed by atoms with van der Waals surface area (Å²) >= 11 is 0. The number of hydrogen-bond donors (Lipinski definition) is 1. The molecule has 0 aliphatic carbocycles. The van der Waals surface area contributed by atoms with E-state index in [-0.39, 0.29) is 0 Å². The van der Waals surface area contributed by atoms with Crippen LogP contribution in [-0.4, -0.2) is 20.7 Å². The van der Waals surface area contributed by atoms with Gasteiger partial charge >= 0.3 is 6.18 Å². The van der Waals surface area contributed by atoms with E-state index < -0.39 is 17.6 Å². The molecule has 0 saturated carbocycles. The van der Waals surface area contributed by atoms with Gasteiger partial charge in [0.25, 0.3) is 5.91 Å². The summed E-state index contributed by atoms with van der Waals surface area (Å²) in [6.45, 7) is 1.75. The summed E-state index contributed by atoms with van der Waals surface area (Å²) in [7, 11) is 0. The Morgan fingerprint density at radius 3 is 2.12 bits per heavy atom. The minimum Gasteiger partial charge on any atom is -0.426 e. The van der Waals surface area contributed by atoms with Crippen LogP contribution in [0.25, 0.3) is 28.1 Å². The summed E-state index contributed by atoms with van der Waals surface area (Å²) in [5.74, 6) is 2.57. The van der Waals surface area contributed by atoms with Crippen LogP contribution in [0.15, 0.2) is 89.5 Å². The van der Waals surface area contributed by atoms with Crippen molar-refractivity contribution in [3.8, 4) is 40.4 Å². The molecule has 0 aliphatic rings. The average molecular weight is 541 g/mol. The molecule has 5 aromatic rings. The Hall–Kier alpha value is -5.10. The molecule has 0 saturated heterocycles. The number of hydrogen-bond acceptors (Lipinski definition) is 4. The van der Waals surface area contributed by atoms with Crippen molar-refractivity contribution >= 4 is 11.6 Å². The van der Waals surface area contributed by atoms with Crippen molar-refractivity contribution in [2.45, 2.75) is 25.9 Å². The maximum absolute atomic E-state index is 12.9. The molecule has 1 amide bonds. The van der Waals surface area contributed by atoms with Crippen LogP contribution in [0.1, 0.15) is 22.9 Å². The number of rotatable bonds is 7. The van der Waals surface area contributed by atoms with Crippen LogP contribution >= 0.6 is 0 Å². The molecule has 6 nitrogen and oxygen atoms in total. The van der Waals surface area contributed by atoms with Crippen molar-refractivity contribution in [1.82, 2.24) is 14.8 Å². The third kappa shape index (κ3) is 5.97. The third-order valence-electron chi connectivity index (χ3n) is 6.33. The molecular weight excluding hydrogens is 517 g/mol. The molecule has 3 aromatic carbocycles. The lowest BCUT2D eigenvalue weighted by Crippen LogP contribution is -2.07. The van der Waals surface area contributed by atoms with Gasteiger partial charge in [-0.05, 0) is 77.1 Å². The summed E-state index contributed by atoms with van der Waals surface area (Å²) in [6, 6.07) is 22.1. The molecule has 0 atom stereocenters. The first-order valence-electron chi connectivity index (χ1n) is 12.4. The molecule has 9 heteroatoms. The SMILES string of the molecule is C#CC(=O)Nc1ccc(-n2cc(CCc3nnc(C)o3)cc2-c2ccc(-c3ccc(C(F)(F)F)cc3)cc2)cc1. The van der Waals surface area contributed by atoms with Crippen LogP contribution in [0, 0.1) is 19.3 Å². The lowest BCUT2D eigenvalue weighted by Gasteiger charge is -2.12. The Kier molecular flexibility index (Phi) is 7.25. The number of nitrogens with zero attached hydrogens (tertiary/aromatic N) is 3. The smallest absolute Gasteiger partial charge is 0.416 e. The fourth-order valence-corrected chi connectivity index (χ4v) is 4.34. The van der Waals surface area contributed by atoms with Gasteiger partial charge < -0.3 is 14.3 Å². The lowest BCUT2D eigenvalue weighted by atomic mass is 10.0. The van der Waals surface area contributed by atoms with Crippen LogP contribution < -0.4 is 5.32 Å². The second kappa shape index (κ2) is 10.9. The van der Waals surface area contributed by atoms with E-state index in [1.807, 2.05) is 53.1 Å². The zero-order valence-corrected chi connectivity index (χ0v) is 21.4. The fourth-order valence-electron chi connectivity index (χ4n) is 4.34. The van der Waals surface area contributed by atoms with E-state index >= 15 is 0 Å². The van der Waals surface area contributed by atoms with Crippen molar-refractivity contribution in [1.29, 1.82) is 0 Å². The molecule has 0 fully saturated rings. The van der Waals surface area contributed by atoms with E-state index in [2.05, 4.69) is 21.6 Å². The van der Waals surface area contributed by atoms with E-state index in [1.54, 1.807) is 19.1 Å². The molecule has 5 rings (SSSR count). The van der Waals surface area contributed by atoms with Crippen molar-refractivity contribution in [2.24, 2.45) is 0 Å². The summed E-state index contributed by atoms with van der Waals surface area (Å²) in [4.78, 5) is 11.5. The predicted molar refractivity (Wildman–Crippen MR) is 146 cm³/mol. The predicted octanol–water partition coefficient (Wildman–Crippen LogP) is 6.88. The highest BCUT2D eigenvalue weighted by Crippen LogP contribution is 2.33. The largest absolute Gasteiger partial charge is 0.426 e. The average Bonchev–Trinajstić information content (AvgIpc) is 3.58. The number of halogens is 3. The molecular formula is C31H23F3N4O2. The number of aromatic nitrogens is 3. The Labute approximate surface area is 228 Å². The van der Waals surface area contributed by atoms with Gasteiger partial charge in [-0.25, -0.2) is 0 Å². The molecule has 0 spiro atoms. The van der Waals surface area contributed by atoms with Crippen LogP contribution in [0.2, 0.25) is 0 Å². The minimum absolute atomic E-state index is 0.512. The first-order chi connectivity index (χ1) is 19.2. The summed E-state index contributed by atoms with van der Waals surface area (Å²) in [5.41, 5.74) is 5.12. The van der Waals surface area contributed by atoms with E-state index in [0.717, 1.165) is 40.2 Å². The highest BCUT2D eigenvalue weighted by Gasteiger charge is 2.30. The van der Waals surface area contributed by atoms with Crippen molar-refractivity contribution in [2.75, 3.05) is 5.32 Å². The van der Waals surface area contributed by atoms with E-state index in [9.17, 15) is 18.0 Å². The first-order valence-corrected chi connectivity index (χ1v) is 12.4. The van der Waals surface area contributed by atoms with Gasteiger partial charge in [0.2, 0.25) is 11.8 Å². The van der Waals surface area contributed by atoms with Gasteiger partial charge in [-0.2, -0.15) is 13.2 Å². The van der Waals surface area contributed by atoms with Crippen molar-refractivity contribution in [3.63, 3.8) is 0 Å². The number of terminal acetylenes is 1. The standard InChI is InChI=1S/C31H23F3N4O2/c1-3-29(39)35-26-13-15-27(16-14-26)38-19-21(4-17-30-37-36-20(2)40-30)18-28(38)24-7-5-22(6-8-24)23-9-11-25(12-10-23)31(32,33)34/h1,5-16,18-19H,4,17H2,2H3,(H,35,39). The van der Waals surface area contributed by atoms with Crippen LogP contribution in [0.4, 0.5) is 18.9 Å². The number of alkyl halides is 3. The molecule has 1 N–H and O–H groups in total. The van der Waals surface area contributed by atoms with Gasteiger partial charge in [-0.1, -0.05) is 36.4 Å². The maximum Gasteiger partial charge on any atom is 0.416 e. The Balaban J connectivity index is 1.45. The lowest BCUT2D eigenvalue weighted by molar-refractivity contribution is -0.137. The highest BCUT2D eigenvalue weighted by atomic mass is 19.4. The van der Waals surface area contributed by atoms with Crippen LogP contribution in [0.5, 0.6) is 0 Å². The summed E-state index contributed by atoms with van der Waals surface area (Å²) < 4.78 is 46.4. The molecule has 2 aromatic heterocycles. The van der Waals surface area contributed by atoms with E-state index in [1.165, 1.54) is 12.1 Å². The maximum atomic E-state index is 12.9. The van der Waals surface area contributed by atoms with E-state index in [4.69, 9.17) is 10.8 Å². The third-order valence-corrected chi connectivity index (χ3v) is 6.33.